The van der Waals surface area contributed by atoms with Crippen molar-refractivity contribution >= 4 is 5.97 Å². The van der Waals surface area contributed by atoms with E-state index in [-0.39, 0.29) is 5.97 Å². The van der Waals surface area contributed by atoms with E-state index in [1.54, 1.807) is 39.8 Å². The van der Waals surface area contributed by atoms with Crippen LogP contribution in [0.3, 0.4) is 0 Å². The van der Waals surface area contributed by atoms with Crippen LogP contribution < -0.4 is 0 Å². The molecule has 0 aromatic carbocycles. The normalized spacial score (nSPS) is 12.2. The SMILES string of the molecule is C=CC(C)(C)OOC(CCCOC(=O)CCCC)OOC(C)(C)C=C. The molecule has 0 aliphatic rings. The number of ether oxygens (including phenoxy) is 1. The first-order valence-corrected chi connectivity index (χ1v) is 8.77. The van der Waals surface area contributed by atoms with Gasteiger partial charge in [0.15, 0.2) is 0 Å². The summed E-state index contributed by atoms with van der Waals surface area (Å²) in [4.78, 5) is 32.7. The van der Waals surface area contributed by atoms with Crippen LogP contribution in [0.2, 0.25) is 0 Å². The molecule has 25 heavy (non-hydrogen) atoms. The monoisotopic (exact) mass is 358 g/mol. The van der Waals surface area contributed by atoms with Gasteiger partial charge < -0.3 is 4.74 Å². The van der Waals surface area contributed by atoms with Gasteiger partial charge in [-0.25, -0.2) is 19.6 Å². The van der Waals surface area contributed by atoms with Gasteiger partial charge in [0.25, 0.3) is 0 Å². The zero-order chi connectivity index (χ0) is 19.3. The molecule has 0 radical (unpaired) electrons. The Labute approximate surface area is 152 Å². The molecule has 6 nitrogen and oxygen atoms in total. The maximum absolute atomic E-state index is 11.5. The van der Waals surface area contributed by atoms with Gasteiger partial charge in [-0.1, -0.05) is 25.5 Å². The molecule has 0 bridgehead atoms. The van der Waals surface area contributed by atoms with E-state index in [1.807, 2.05) is 6.92 Å². The predicted molar refractivity (Wildman–Crippen MR) is 96.4 cm³/mol. The molecule has 0 aliphatic carbocycles. The third-order valence-corrected chi connectivity index (χ3v) is 3.31. The van der Waals surface area contributed by atoms with Crippen molar-refractivity contribution in [3.63, 3.8) is 0 Å². The number of carbonyl (C=O) groups excluding carboxylic acids is 1. The largest absolute Gasteiger partial charge is 0.466 e. The third-order valence-electron chi connectivity index (χ3n) is 3.31. The molecule has 6 heteroatoms. The second-order valence-corrected chi connectivity index (χ2v) is 6.87. The van der Waals surface area contributed by atoms with Crippen molar-refractivity contribution in [3.8, 4) is 0 Å². The van der Waals surface area contributed by atoms with Crippen LogP contribution in [0.25, 0.3) is 0 Å². The predicted octanol–water partition coefficient (Wildman–Crippen LogP) is 4.65. The number of unbranched alkanes of at least 4 members (excludes halogenated alkanes) is 1. The summed E-state index contributed by atoms with van der Waals surface area (Å²) in [6.07, 6.45) is 5.70. The summed E-state index contributed by atoms with van der Waals surface area (Å²) in [5, 5.41) is 0. The maximum Gasteiger partial charge on any atom is 0.305 e. The van der Waals surface area contributed by atoms with E-state index in [0.29, 0.717) is 25.9 Å². The van der Waals surface area contributed by atoms with E-state index in [1.165, 1.54) is 0 Å². The molecule has 146 valence electrons. The Balaban J connectivity index is 4.35. The summed E-state index contributed by atoms with van der Waals surface area (Å²) in [6.45, 7) is 16.9. The third kappa shape index (κ3) is 12.8. The van der Waals surface area contributed by atoms with E-state index < -0.39 is 17.5 Å². The molecule has 0 rings (SSSR count). The van der Waals surface area contributed by atoms with Crippen LogP contribution in [0.4, 0.5) is 0 Å². The van der Waals surface area contributed by atoms with Gasteiger partial charge >= 0.3 is 5.97 Å². The Kier molecular flexibility index (Phi) is 11.6. The minimum atomic E-state index is -0.771. The highest BCUT2D eigenvalue weighted by atomic mass is 17.3. The summed E-state index contributed by atoms with van der Waals surface area (Å²) >= 11 is 0. The number of rotatable bonds is 15. The fourth-order valence-corrected chi connectivity index (χ4v) is 1.36. The highest BCUT2D eigenvalue weighted by Crippen LogP contribution is 2.18. The fraction of sp³-hybridized carbons (Fsp3) is 0.737. The van der Waals surface area contributed by atoms with Crippen molar-refractivity contribution < 1.29 is 29.1 Å². The van der Waals surface area contributed by atoms with Gasteiger partial charge in [0.05, 0.1) is 6.61 Å². The van der Waals surface area contributed by atoms with E-state index >= 15 is 0 Å². The van der Waals surface area contributed by atoms with Crippen molar-refractivity contribution in [3.05, 3.63) is 25.3 Å². The average Bonchev–Trinajstić information content (AvgIpc) is 2.58. The van der Waals surface area contributed by atoms with E-state index in [0.717, 1.165) is 12.8 Å². The van der Waals surface area contributed by atoms with Gasteiger partial charge in [-0.15, -0.1) is 13.2 Å². The lowest BCUT2D eigenvalue weighted by atomic mass is 10.1. The zero-order valence-electron chi connectivity index (χ0n) is 16.3. The first-order chi connectivity index (χ1) is 11.7. The molecule has 0 saturated heterocycles. The second kappa shape index (κ2) is 12.2. The summed E-state index contributed by atoms with van der Waals surface area (Å²) < 4.78 is 5.16. The van der Waals surface area contributed by atoms with Gasteiger partial charge in [0, 0.05) is 12.8 Å². The van der Waals surface area contributed by atoms with Crippen molar-refractivity contribution in [1.82, 2.24) is 0 Å². The van der Waals surface area contributed by atoms with Crippen molar-refractivity contribution in [1.29, 1.82) is 0 Å². The van der Waals surface area contributed by atoms with Crippen LogP contribution in [0.1, 0.15) is 66.7 Å². The number of carbonyl (C=O) groups is 1. The molecule has 0 fully saturated rings. The van der Waals surface area contributed by atoms with Gasteiger partial charge in [-0.3, -0.25) is 4.79 Å². The lowest BCUT2D eigenvalue weighted by Crippen LogP contribution is -2.30. The molecule has 0 aromatic rings. The van der Waals surface area contributed by atoms with Crippen LogP contribution in [0, 0.1) is 0 Å². The highest BCUT2D eigenvalue weighted by Gasteiger charge is 2.23. The number of hydrogen-bond donors (Lipinski definition) is 0. The Morgan fingerprint density at radius 3 is 1.96 bits per heavy atom. The second-order valence-electron chi connectivity index (χ2n) is 6.87. The molecule has 0 aromatic heterocycles. The molecule has 0 heterocycles. The minimum Gasteiger partial charge on any atom is -0.466 e. The van der Waals surface area contributed by atoms with E-state index in [4.69, 9.17) is 24.3 Å². The van der Waals surface area contributed by atoms with Crippen molar-refractivity contribution in [2.75, 3.05) is 6.61 Å². The Bertz CT molecular complexity index is 379. The molecule has 0 atom stereocenters. The molecule has 0 aliphatic heterocycles. The minimum absolute atomic E-state index is 0.187. The van der Waals surface area contributed by atoms with Crippen LogP contribution in [-0.4, -0.2) is 30.1 Å². The van der Waals surface area contributed by atoms with Gasteiger partial charge in [0.1, 0.15) is 11.2 Å². The lowest BCUT2D eigenvalue weighted by molar-refractivity contribution is -0.492. The molecule has 0 amide bonds. The smallest absolute Gasteiger partial charge is 0.305 e. The Morgan fingerprint density at radius 2 is 1.52 bits per heavy atom. The molecular weight excluding hydrogens is 324 g/mol. The molecule has 0 unspecified atom stereocenters. The molecule has 0 spiro atoms. The van der Waals surface area contributed by atoms with Gasteiger partial charge in [-0.05, 0) is 40.5 Å². The quantitative estimate of drug-likeness (QED) is 0.106. The lowest BCUT2D eigenvalue weighted by Gasteiger charge is -2.26. The topological polar surface area (TPSA) is 63.2 Å². The van der Waals surface area contributed by atoms with Crippen LogP contribution in [0.15, 0.2) is 25.3 Å². The first-order valence-electron chi connectivity index (χ1n) is 8.77. The highest BCUT2D eigenvalue weighted by molar-refractivity contribution is 5.69. The first kappa shape index (κ1) is 23.8. The molecule has 0 N–H and O–H groups in total. The van der Waals surface area contributed by atoms with Crippen LogP contribution in [-0.2, 0) is 29.1 Å². The number of hydrogen-bond acceptors (Lipinski definition) is 6. The standard InChI is InChI=1S/C19H34O6/c1-8-11-13-16(20)21-15-12-14-17(22-24-18(4,5)9-2)23-25-19(6,7)10-3/h9-10,17H,2-3,8,11-15H2,1,4-7H3. The summed E-state index contributed by atoms with van der Waals surface area (Å²) in [6, 6.07) is 0. The average molecular weight is 358 g/mol. The van der Waals surface area contributed by atoms with E-state index in [9.17, 15) is 4.79 Å². The maximum atomic E-state index is 11.5. The van der Waals surface area contributed by atoms with Crippen LogP contribution in [0.5, 0.6) is 0 Å². The van der Waals surface area contributed by atoms with Crippen molar-refractivity contribution in [2.24, 2.45) is 0 Å². The number of esters is 1. The Hall–Kier alpha value is -1.21. The summed E-state index contributed by atoms with van der Waals surface area (Å²) in [5.41, 5.74) is -1.33. The summed E-state index contributed by atoms with van der Waals surface area (Å²) in [7, 11) is 0. The zero-order valence-corrected chi connectivity index (χ0v) is 16.3. The van der Waals surface area contributed by atoms with Gasteiger partial charge in [0.2, 0.25) is 6.29 Å². The molecular formula is C19H34O6. The van der Waals surface area contributed by atoms with Crippen LogP contribution >= 0.6 is 0 Å². The fourth-order valence-electron chi connectivity index (χ4n) is 1.36. The van der Waals surface area contributed by atoms with E-state index in [2.05, 4.69) is 13.2 Å². The summed E-state index contributed by atoms with van der Waals surface area (Å²) in [5.74, 6) is -0.187. The molecule has 0 saturated carbocycles. The van der Waals surface area contributed by atoms with Crippen molar-refractivity contribution in [2.45, 2.75) is 84.2 Å². The Morgan fingerprint density at radius 1 is 1.00 bits per heavy atom. The van der Waals surface area contributed by atoms with Gasteiger partial charge in [-0.2, -0.15) is 0 Å².